The second kappa shape index (κ2) is 16.7. The molecule has 10 heteroatoms. The number of phenols is 2. The number of aromatic hydroxyl groups is 2. The van der Waals surface area contributed by atoms with Gasteiger partial charge in [0.2, 0.25) is 0 Å². The molecule has 6 saturated heterocycles. The number of benzene rings is 2. The van der Waals surface area contributed by atoms with Crippen molar-refractivity contribution >= 4 is 33.7 Å². The van der Waals surface area contributed by atoms with Gasteiger partial charge < -0.3 is 19.7 Å². The lowest BCUT2D eigenvalue weighted by Gasteiger charge is -2.51. The topological polar surface area (TPSA) is 125 Å². The van der Waals surface area contributed by atoms with Gasteiger partial charge in [0, 0.05) is 60.2 Å². The zero-order valence-corrected chi connectivity index (χ0v) is 32.2. The summed E-state index contributed by atoms with van der Waals surface area (Å²) in [5, 5.41) is 22.3. The van der Waals surface area contributed by atoms with Gasteiger partial charge >= 0.3 is 11.9 Å². The maximum atomic E-state index is 13.5. The predicted molar refractivity (Wildman–Crippen MR) is 216 cm³/mol. The normalized spacial score (nSPS) is 27.8. The molecule has 0 radical (unpaired) electrons. The monoisotopic (exact) mass is 758 g/mol. The van der Waals surface area contributed by atoms with Gasteiger partial charge in [-0.05, 0) is 124 Å². The number of carbonyl (C=O) groups excluding carboxylic acids is 2. The zero-order valence-electron chi connectivity index (χ0n) is 32.2. The third-order valence-corrected chi connectivity index (χ3v) is 13.2. The molecule has 8 heterocycles. The summed E-state index contributed by atoms with van der Waals surface area (Å²) in [6, 6.07) is 14.2. The van der Waals surface area contributed by atoms with Gasteiger partial charge in [-0.25, -0.2) is 0 Å². The fourth-order valence-corrected chi connectivity index (χ4v) is 10.2. The first-order valence-corrected chi connectivity index (χ1v) is 20.6. The summed E-state index contributed by atoms with van der Waals surface area (Å²) in [6.45, 7) is 11.9. The molecule has 2 aromatic heterocycles. The van der Waals surface area contributed by atoms with Gasteiger partial charge in [-0.15, -0.1) is 13.2 Å². The number of hydrogen-bond acceptors (Lipinski definition) is 10. The highest BCUT2D eigenvalue weighted by Crippen LogP contribution is 2.45. The highest BCUT2D eigenvalue weighted by Gasteiger charge is 2.45. The molecule has 4 bridgehead atoms. The Morgan fingerprint density at radius 1 is 0.696 bits per heavy atom. The Kier molecular flexibility index (Phi) is 11.4. The Bertz CT molecular complexity index is 1940. The minimum Gasteiger partial charge on any atom is -0.508 e. The van der Waals surface area contributed by atoms with E-state index in [0.717, 1.165) is 97.6 Å². The van der Waals surface area contributed by atoms with Gasteiger partial charge in [0.15, 0.2) is 0 Å². The second-order valence-corrected chi connectivity index (χ2v) is 16.4. The lowest BCUT2D eigenvalue weighted by Crippen LogP contribution is -2.55. The number of pyridine rings is 2. The van der Waals surface area contributed by atoms with Crippen LogP contribution in [0, 0.1) is 23.7 Å². The summed E-state index contributed by atoms with van der Waals surface area (Å²) in [4.78, 5) is 41.0. The first kappa shape index (κ1) is 38.1. The van der Waals surface area contributed by atoms with Crippen LogP contribution in [0.5, 0.6) is 11.5 Å². The molecular formula is C46H54N4O6. The van der Waals surface area contributed by atoms with E-state index in [0.29, 0.717) is 36.5 Å². The molecule has 0 amide bonds. The van der Waals surface area contributed by atoms with E-state index in [-0.39, 0.29) is 48.4 Å². The number of ether oxygens (including phenoxy) is 2. The lowest BCUT2D eigenvalue weighted by atomic mass is 9.73. The molecule has 10 atom stereocenters. The number of nitrogens with zero attached hydrogens (tertiary/aromatic N) is 4. The number of aromatic nitrogens is 2. The summed E-state index contributed by atoms with van der Waals surface area (Å²) in [5.74, 6) is 1.71. The maximum absolute atomic E-state index is 13.5. The third kappa shape index (κ3) is 7.91. The Morgan fingerprint density at radius 2 is 1.14 bits per heavy atom. The van der Waals surface area contributed by atoms with E-state index in [1.807, 2.05) is 12.1 Å². The number of esters is 2. The third-order valence-electron chi connectivity index (χ3n) is 13.2. The number of hydrogen-bond donors (Lipinski definition) is 2. The molecule has 4 aromatic rings. The summed E-state index contributed by atoms with van der Waals surface area (Å²) >= 11 is 0. The maximum Gasteiger partial charge on any atom is 0.306 e. The van der Waals surface area contributed by atoms with E-state index >= 15 is 0 Å². The highest BCUT2D eigenvalue weighted by atomic mass is 16.5. The SMILES string of the molecule is C=C[C@H]1CN2CC[C@H]1C[C@H]2[C@H](OC(=O)CCCCCCC(=O)O[C@H](c1ccnc2ccc(O)cc12)[C@@H]1C[C@@H]2CCN1C[C@@H]2C=C)c1ccnc2ccc(O)cc12. The Balaban J connectivity index is 0.881. The van der Waals surface area contributed by atoms with Gasteiger partial charge in [0.1, 0.15) is 23.7 Å². The van der Waals surface area contributed by atoms with Crippen molar-refractivity contribution in [2.75, 3.05) is 26.2 Å². The molecular weight excluding hydrogens is 705 g/mol. The summed E-state index contributed by atoms with van der Waals surface area (Å²) < 4.78 is 12.8. The molecule has 2 unspecified atom stereocenters. The Labute approximate surface area is 329 Å². The minimum absolute atomic E-state index is 0.0384. The Morgan fingerprint density at radius 3 is 1.54 bits per heavy atom. The van der Waals surface area contributed by atoms with Crippen LogP contribution in [-0.4, -0.2) is 80.2 Å². The van der Waals surface area contributed by atoms with Gasteiger partial charge in [-0.1, -0.05) is 25.0 Å². The summed E-state index contributed by atoms with van der Waals surface area (Å²) in [6.07, 6.45) is 14.2. The quantitative estimate of drug-likeness (QED) is 0.0697. The zero-order chi connectivity index (χ0) is 38.8. The van der Waals surface area contributed by atoms with E-state index in [1.54, 1.807) is 48.8 Å². The number of fused-ring (bicyclic) bond motifs is 8. The molecule has 2 aromatic carbocycles. The molecule has 0 spiro atoms. The average molecular weight is 759 g/mol. The van der Waals surface area contributed by atoms with Crippen LogP contribution in [0.15, 0.2) is 86.2 Å². The smallest absolute Gasteiger partial charge is 0.306 e. The molecule has 10 nitrogen and oxygen atoms in total. The Hall–Kier alpha value is -4.80. The van der Waals surface area contributed by atoms with Crippen molar-refractivity contribution < 1.29 is 29.3 Å². The van der Waals surface area contributed by atoms with Crippen molar-refractivity contribution in [3.8, 4) is 11.5 Å². The standard InChI is InChI=1S/C46H54N4O6/c1-3-29-27-49-21-17-31(29)23-41(49)45(35-15-19-47-39-13-11-33(51)25-37(35)39)55-43(53)9-7-5-6-8-10-44(54)56-46(42-24-32-18-22-50(42)28-30(32)4-2)36-16-20-48-40-14-12-34(52)26-38(36)40/h3-4,11-16,19-20,25-26,29-32,41-42,45-46,51-52H,1-2,5-10,17-18,21-24,27-28H2/t29-,30-,31-,32-,41-,42-,45+,46+/m0/s1. The minimum atomic E-state index is -0.481. The largest absolute Gasteiger partial charge is 0.508 e. The van der Waals surface area contributed by atoms with Crippen molar-refractivity contribution in [1.82, 2.24) is 19.8 Å². The van der Waals surface area contributed by atoms with Crippen LogP contribution in [-0.2, 0) is 19.1 Å². The van der Waals surface area contributed by atoms with Gasteiger partial charge in [0.05, 0.1) is 23.1 Å². The van der Waals surface area contributed by atoms with Crippen LogP contribution < -0.4 is 0 Å². The molecule has 6 fully saturated rings. The number of piperidine rings is 6. The molecule has 6 aliphatic rings. The summed E-state index contributed by atoms with van der Waals surface area (Å²) in [5.41, 5.74) is 3.26. The van der Waals surface area contributed by atoms with Crippen LogP contribution in [0.3, 0.4) is 0 Å². The lowest BCUT2D eigenvalue weighted by molar-refractivity contribution is -0.158. The van der Waals surface area contributed by atoms with Crippen LogP contribution in [0.2, 0.25) is 0 Å². The van der Waals surface area contributed by atoms with E-state index in [9.17, 15) is 19.8 Å². The van der Waals surface area contributed by atoms with Crippen molar-refractivity contribution in [2.24, 2.45) is 23.7 Å². The van der Waals surface area contributed by atoms with E-state index in [2.05, 4.69) is 45.1 Å². The van der Waals surface area contributed by atoms with Crippen molar-refractivity contribution in [3.05, 3.63) is 97.4 Å². The van der Waals surface area contributed by atoms with Crippen molar-refractivity contribution in [3.63, 3.8) is 0 Å². The molecule has 0 aliphatic carbocycles. The van der Waals surface area contributed by atoms with Crippen molar-refractivity contribution in [2.45, 2.75) is 88.5 Å². The fraction of sp³-hybridized carbons (Fsp3) is 0.478. The van der Waals surface area contributed by atoms with Gasteiger partial charge in [-0.3, -0.25) is 29.4 Å². The highest BCUT2D eigenvalue weighted by molar-refractivity contribution is 5.85. The number of rotatable bonds is 15. The number of carbonyl (C=O) groups is 2. The molecule has 6 aliphatic heterocycles. The molecule has 2 N–H and O–H groups in total. The average Bonchev–Trinajstić information content (AvgIpc) is 3.23. The number of unbranched alkanes of at least 4 members (excludes halogenated alkanes) is 3. The molecule has 10 rings (SSSR count). The van der Waals surface area contributed by atoms with E-state index in [4.69, 9.17) is 9.47 Å². The van der Waals surface area contributed by atoms with Gasteiger partial charge in [0.25, 0.3) is 0 Å². The molecule has 0 saturated carbocycles. The van der Waals surface area contributed by atoms with Crippen LogP contribution in [0.25, 0.3) is 21.8 Å². The predicted octanol–water partition coefficient (Wildman–Crippen LogP) is 8.20. The molecule has 56 heavy (non-hydrogen) atoms. The van der Waals surface area contributed by atoms with Crippen LogP contribution >= 0.6 is 0 Å². The van der Waals surface area contributed by atoms with Crippen LogP contribution in [0.4, 0.5) is 0 Å². The first-order valence-electron chi connectivity index (χ1n) is 20.6. The summed E-state index contributed by atoms with van der Waals surface area (Å²) in [7, 11) is 0. The fourth-order valence-electron chi connectivity index (χ4n) is 10.2. The van der Waals surface area contributed by atoms with E-state index in [1.165, 1.54) is 0 Å². The van der Waals surface area contributed by atoms with E-state index < -0.39 is 12.2 Å². The van der Waals surface area contributed by atoms with Crippen LogP contribution in [0.1, 0.15) is 87.5 Å². The second-order valence-electron chi connectivity index (χ2n) is 16.4. The molecule has 294 valence electrons. The number of phenolic OH excluding ortho intramolecular Hbond substituents is 2. The van der Waals surface area contributed by atoms with Crippen molar-refractivity contribution in [1.29, 1.82) is 0 Å². The van der Waals surface area contributed by atoms with Gasteiger partial charge in [-0.2, -0.15) is 0 Å². The first-order chi connectivity index (χ1) is 27.3.